The molecule has 1 N–H and O–H groups in total. The average Bonchev–Trinajstić information content (AvgIpc) is 2.67. The van der Waals surface area contributed by atoms with E-state index in [0.717, 1.165) is 24.8 Å². The van der Waals surface area contributed by atoms with E-state index in [-0.39, 0.29) is 5.41 Å². The van der Waals surface area contributed by atoms with Crippen molar-refractivity contribution in [3.63, 3.8) is 0 Å². The maximum atomic E-state index is 10.9. The summed E-state index contributed by atoms with van der Waals surface area (Å²) in [4.78, 5) is 0. The van der Waals surface area contributed by atoms with Gasteiger partial charge in [0.1, 0.15) is 5.75 Å². The number of benzene rings is 2. The number of aromatic hydroxyl groups is 1. The second-order valence-corrected chi connectivity index (χ2v) is 8.36. The van der Waals surface area contributed by atoms with Gasteiger partial charge in [0.25, 0.3) is 0 Å². The quantitative estimate of drug-likeness (QED) is 0.406. The van der Waals surface area contributed by atoms with Gasteiger partial charge in [-0.25, -0.2) is 0 Å². The summed E-state index contributed by atoms with van der Waals surface area (Å²) in [5.74, 6) is 0.449. The first kappa shape index (κ1) is 21.5. The van der Waals surface area contributed by atoms with Crippen molar-refractivity contribution in [2.45, 2.75) is 90.9 Å². The van der Waals surface area contributed by atoms with E-state index < -0.39 is 0 Å². The molecule has 0 fully saturated rings. The molecule has 0 aliphatic carbocycles. The van der Waals surface area contributed by atoms with E-state index in [0.29, 0.717) is 5.75 Å². The molecule has 2 aromatic rings. The lowest BCUT2D eigenvalue weighted by atomic mass is 9.73. The lowest BCUT2D eigenvalue weighted by Crippen LogP contribution is -2.22. The van der Waals surface area contributed by atoms with Crippen LogP contribution in [-0.4, -0.2) is 5.11 Å². The molecule has 2 rings (SSSR count). The Balaban J connectivity index is 2.33. The fourth-order valence-electron chi connectivity index (χ4n) is 4.25. The molecule has 0 saturated carbocycles. The summed E-state index contributed by atoms with van der Waals surface area (Å²) in [6.07, 6.45) is 11.1. The molecule has 2 aromatic carbocycles. The zero-order valence-corrected chi connectivity index (χ0v) is 17.9. The van der Waals surface area contributed by atoms with Crippen LogP contribution in [0.1, 0.15) is 94.9 Å². The van der Waals surface area contributed by atoms with Crippen LogP contribution in [0.5, 0.6) is 5.75 Å². The fraction of sp³-hybridized carbons (Fsp3) is 0.538. The van der Waals surface area contributed by atoms with E-state index in [1.54, 1.807) is 0 Å². The Morgan fingerprint density at radius 3 is 2.07 bits per heavy atom. The lowest BCUT2D eigenvalue weighted by Gasteiger charge is -2.31. The Kier molecular flexibility index (Phi) is 8.41. The molecule has 0 aromatic heterocycles. The van der Waals surface area contributed by atoms with Crippen molar-refractivity contribution in [1.29, 1.82) is 0 Å². The molecule has 1 heteroatoms. The standard InChI is InChI=1S/C26H38O/c1-5-7-8-9-10-14-18-23-21(15-6-2)19-20-24(27)25(23)26(3,4)22-16-12-11-13-17-22/h11-13,16-17,19-20,27H,5-10,14-15,18H2,1-4H3. The SMILES string of the molecule is CCCCCCCCc1c(CCC)ccc(O)c1C(C)(C)c1ccccc1. The smallest absolute Gasteiger partial charge is 0.119 e. The maximum Gasteiger partial charge on any atom is 0.119 e. The zero-order valence-electron chi connectivity index (χ0n) is 17.9. The first-order valence-electron chi connectivity index (χ1n) is 10.9. The summed E-state index contributed by atoms with van der Waals surface area (Å²) in [7, 11) is 0. The Morgan fingerprint density at radius 2 is 1.41 bits per heavy atom. The summed E-state index contributed by atoms with van der Waals surface area (Å²) in [6, 6.07) is 14.7. The molecule has 0 bridgehead atoms. The first-order valence-corrected chi connectivity index (χ1v) is 10.9. The highest BCUT2D eigenvalue weighted by Gasteiger charge is 2.29. The zero-order chi connectivity index (χ0) is 19.7. The Hall–Kier alpha value is -1.76. The van der Waals surface area contributed by atoms with Crippen LogP contribution in [0.4, 0.5) is 0 Å². The van der Waals surface area contributed by atoms with E-state index in [4.69, 9.17) is 0 Å². The van der Waals surface area contributed by atoms with Crippen molar-refractivity contribution in [1.82, 2.24) is 0 Å². The van der Waals surface area contributed by atoms with Crippen LogP contribution in [0.3, 0.4) is 0 Å². The van der Waals surface area contributed by atoms with Crippen molar-refractivity contribution in [3.05, 3.63) is 64.7 Å². The van der Waals surface area contributed by atoms with E-state index in [2.05, 4.69) is 64.1 Å². The van der Waals surface area contributed by atoms with E-state index >= 15 is 0 Å². The van der Waals surface area contributed by atoms with Gasteiger partial charge < -0.3 is 5.11 Å². The van der Waals surface area contributed by atoms with E-state index in [1.165, 1.54) is 55.2 Å². The number of hydrogen-bond donors (Lipinski definition) is 1. The van der Waals surface area contributed by atoms with Gasteiger partial charge >= 0.3 is 0 Å². The molecule has 0 spiro atoms. The predicted molar refractivity (Wildman–Crippen MR) is 118 cm³/mol. The second kappa shape index (κ2) is 10.5. The Morgan fingerprint density at radius 1 is 0.741 bits per heavy atom. The fourth-order valence-corrected chi connectivity index (χ4v) is 4.25. The van der Waals surface area contributed by atoms with Crippen molar-refractivity contribution in [2.24, 2.45) is 0 Å². The molecular weight excluding hydrogens is 328 g/mol. The molecule has 0 aliphatic rings. The summed E-state index contributed by atoms with van der Waals surface area (Å²) in [5.41, 5.74) is 5.00. The van der Waals surface area contributed by atoms with Gasteiger partial charge in [-0.05, 0) is 42.0 Å². The summed E-state index contributed by atoms with van der Waals surface area (Å²) in [5, 5.41) is 10.9. The molecular formula is C26H38O. The van der Waals surface area contributed by atoms with Crippen LogP contribution in [0.25, 0.3) is 0 Å². The number of phenols is 1. The van der Waals surface area contributed by atoms with Gasteiger partial charge in [0.15, 0.2) is 0 Å². The summed E-state index contributed by atoms with van der Waals surface area (Å²) >= 11 is 0. The van der Waals surface area contributed by atoms with Crippen LogP contribution in [0.2, 0.25) is 0 Å². The van der Waals surface area contributed by atoms with Crippen LogP contribution in [-0.2, 0) is 18.3 Å². The summed E-state index contributed by atoms with van der Waals surface area (Å²) in [6.45, 7) is 9.00. The maximum absolute atomic E-state index is 10.9. The van der Waals surface area contributed by atoms with Crippen LogP contribution >= 0.6 is 0 Å². The molecule has 0 atom stereocenters. The predicted octanol–water partition coefficient (Wildman–Crippen LogP) is 7.57. The van der Waals surface area contributed by atoms with Gasteiger partial charge in [-0.15, -0.1) is 0 Å². The minimum Gasteiger partial charge on any atom is -0.508 e. The van der Waals surface area contributed by atoms with Gasteiger partial charge in [0, 0.05) is 11.0 Å². The molecule has 0 amide bonds. The van der Waals surface area contributed by atoms with Crippen LogP contribution in [0.15, 0.2) is 42.5 Å². The van der Waals surface area contributed by atoms with Crippen molar-refractivity contribution < 1.29 is 5.11 Å². The number of hydrogen-bond acceptors (Lipinski definition) is 1. The third-order valence-corrected chi connectivity index (χ3v) is 5.81. The minimum atomic E-state index is -0.202. The third-order valence-electron chi connectivity index (χ3n) is 5.81. The van der Waals surface area contributed by atoms with Crippen molar-refractivity contribution in [2.75, 3.05) is 0 Å². The molecule has 0 radical (unpaired) electrons. The Bertz CT molecular complexity index is 685. The normalized spacial score (nSPS) is 11.7. The van der Waals surface area contributed by atoms with E-state index in [9.17, 15) is 5.11 Å². The van der Waals surface area contributed by atoms with Crippen LogP contribution < -0.4 is 0 Å². The van der Waals surface area contributed by atoms with E-state index in [1.807, 2.05) is 6.07 Å². The van der Waals surface area contributed by atoms with Gasteiger partial charge in [0.05, 0.1) is 0 Å². The molecule has 148 valence electrons. The minimum absolute atomic E-state index is 0.202. The highest BCUT2D eigenvalue weighted by molar-refractivity contribution is 5.53. The Labute approximate surface area is 166 Å². The topological polar surface area (TPSA) is 20.2 Å². The van der Waals surface area contributed by atoms with Crippen molar-refractivity contribution in [3.8, 4) is 5.75 Å². The number of aryl methyl sites for hydroxylation is 1. The molecule has 27 heavy (non-hydrogen) atoms. The molecule has 0 heterocycles. The monoisotopic (exact) mass is 366 g/mol. The number of unbranched alkanes of at least 4 members (excludes halogenated alkanes) is 5. The number of phenolic OH excluding ortho intramolecular Hbond substituents is 1. The first-order chi connectivity index (χ1) is 13.0. The second-order valence-electron chi connectivity index (χ2n) is 8.36. The lowest BCUT2D eigenvalue weighted by molar-refractivity contribution is 0.449. The third kappa shape index (κ3) is 5.61. The summed E-state index contributed by atoms with van der Waals surface area (Å²) < 4.78 is 0. The highest BCUT2D eigenvalue weighted by atomic mass is 16.3. The number of rotatable bonds is 11. The molecule has 0 saturated heterocycles. The average molecular weight is 367 g/mol. The van der Waals surface area contributed by atoms with Gasteiger partial charge in [0.2, 0.25) is 0 Å². The van der Waals surface area contributed by atoms with Gasteiger partial charge in [-0.3, -0.25) is 0 Å². The van der Waals surface area contributed by atoms with Gasteiger partial charge in [-0.1, -0.05) is 103 Å². The molecule has 1 nitrogen and oxygen atoms in total. The largest absolute Gasteiger partial charge is 0.508 e. The molecule has 0 aliphatic heterocycles. The van der Waals surface area contributed by atoms with Gasteiger partial charge in [-0.2, -0.15) is 0 Å². The molecule has 0 unspecified atom stereocenters. The van der Waals surface area contributed by atoms with Crippen molar-refractivity contribution >= 4 is 0 Å². The van der Waals surface area contributed by atoms with Crippen LogP contribution in [0, 0.1) is 0 Å². The highest BCUT2D eigenvalue weighted by Crippen LogP contribution is 2.41.